The SMILES string of the molecule is CC(C)N(CCCCC(c1ccccc1)c1cc(CO)ccc1O)C(C)C. The van der Waals surface area contributed by atoms with Crippen molar-refractivity contribution in [3.05, 3.63) is 65.2 Å². The van der Waals surface area contributed by atoms with Crippen LogP contribution in [-0.2, 0) is 6.61 Å². The lowest BCUT2D eigenvalue weighted by Gasteiger charge is -2.30. The Morgan fingerprint density at radius 2 is 1.56 bits per heavy atom. The van der Waals surface area contributed by atoms with Crippen molar-refractivity contribution in [2.45, 2.75) is 71.6 Å². The van der Waals surface area contributed by atoms with Crippen LogP contribution in [0, 0.1) is 0 Å². The number of aliphatic hydroxyl groups is 1. The van der Waals surface area contributed by atoms with E-state index in [2.05, 4.69) is 56.9 Å². The van der Waals surface area contributed by atoms with E-state index in [1.54, 1.807) is 12.1 Å². The Hall–Kier alpha value is -1.84. The van der Waals surface area contributed by atoms with Crippen molar-refractivity contribution >= 4 is 0 Å². The first-order chi connectivity index (χ1) is 12.9. The van der Waals surface area contributed by atoms with Gasteiger partial charge in [-0.2, -0.15) is 0 Å². The molecule has 2 rings (SSSR count). The molecule has 0 spiro atoms. The number of hydrogen-bond donors (Lipinski definition) is 2. The minimum Gasteiger partial charge on any atom is -0.508 e. The molecule has 148 valence electrons. The van der Waals surface area contributed by atoms with E-state index in [9.17, 15) is 10.2 Å². The third kappa shape index (κ3) is 6.08. The van der Waals surface area contributed by atoms with E-state index >= 15 is 0 Å². The van der Waals surface area contributed by atoms with Gasteiger partial charge in [0.2, 0.25) is 0 Å². The molecule has 0 aliphatic rings. The molecule has 3 heteroatoms. The fourth-order valence-corrected chi connectivity index (χ4v) is 3.92. The second-order valence-corrected chi connectivity index (χ2v) is 7.94. The zero-order chi connectivity index (χ0) is 19.8. The van der Waals surface area contributed by atoms with Gasteiger partial charge in [0.25, 0.3) is 0 Å². The van der Waals surface area contributed by atoms with Crippen LogP contribution in [0.1, 0.15) is 69.6 Å². The van der Waals surface area contributed by atoms with E-state index in [1.807, 2.05) is 12.1 Å². The molecule has 0 saturated heterocycles. The van der Waals surface area contributed by atoms with Gasteiger partial charge in [0.1, 0.15) is 5.75 Å². The van der Waals surface area contributed by atoms with E-state index in [4.69, 9.17) is 0 Å². The topological polar surface area (TPSA) is 43.7 Å². The number of aromatic hydroxyl groups is 1. The molecule has 27 heavy (non-hydrogen) atoms. The van der Waals surface area contributed by atoms with Crippen LogP contribution in [0.2, 0.25) is 0 Å². The van der Waals surface area contributed by atoms with Gasteiger partial charge < -0.3 is 10.2 Å². The summed E-state index contributed by atoms with van der Waals surface area (Å²) in [5, 5.41) is 20.0. The second-order valence-electron chi connectivity index (χ2n) is 7.94. The summed E-state index contributed by atoms with van der Waals surface area (Å²) >= 11 is 0. The molecule has 2 N–H and O–H groups in total. The predicted octanol–water partition coefficient (Wildman–Crippen LogP) is 5.31. The van der Waals surface area contributed by atoms with E-state index < -0.39 is 0 Å². The molecule has 2 aromatic rings. The van der Waals surface area contributed by atoms with E-state index in [1.165, 1.54) is 5.56 Å². The van der Waals surface area contributed by atoms with Crippen molar-refractivity contribution in [1.29, 1.82) is 0 Å². The Labute approximate surface area is 164 Å². The highest BCUT2D eigenvalue weighted by Crippen LogP contribution is 2.35. The number of aliphatic hydroxyl groups excluding tert-OH is 1. The molecule has 0 aromatic heterocycles. The highest BCUT2D eigenvalue weighted by atomic mass is 16.3. The monoisotopic (exact) mass is 369 g/mol. The van der Waals surface area contributed by atoms with Crippen LogP contribution in [0.3, 0.4) is 0 Å². The molecule has 0 heterocycles. The first-order valence-electron chi connectivity index (χ1n) is 10.2. The third-order valence-electron chi connectivity index (χ3n) is 5.34. The average molecular weight is 370 g/mol. The highest BCUT2D eigenvalue weighted by Gasteiger charge is 2.19. The van der Waals surface area contributed by atoms with Crippen molar-refractivity contribution in [2.24, 2.45) is 0 Å². The summed E-state index contributed by atoms with van der Waals surface area (Å²) in [5.41, 5.74) is 2.97. The summed E-state index contributed by atoms with van der Waals surface area (Å²) in [6.45, 7) is 10.1. The van der Waals surface area contributed by atoms with Crippen LogP contribution in [0.15, 0.2) is 48.5 Å². The first-order valence-corrected chi connectivity index (χ1v) is 10.2. The zero-order valence-corrected chi connectivity index (χ0v) is 17.2. The van der Waals surface area contributed by atoms with Gasteiger partial charge >= 0.3 is 0 Å². The molecule has 0 aliphatic carbocycles. The Kier molecular flexibility index (Phi) is 8.33. The van der Waals surface area contributed by atoms with Gasteiger partial charge in [0.15, 0.2) is 0 Å². The lowest BCUT2D eigenvalue weighted by molar-refractivity contribution is 0.171. The number of rotatable bonds is 10. The molecule has 0 bridgehead atoms. The summed E-state index contributed by atoms with van der Waals surface area (Å²) in [4.78, 5) is 2.53. The number of hydrogen-bond acceptors (Lipinski definition) is 3. The van der Waals surface area contributed by atoms with Crippen LogP contribution in [-0.4, -0.2) is 33.7 Å². The fraction of sp³-hybridized carbons (Fsp3) is 0.500. The molecule has 0 amide bonds. The molecule has 0 aliphatic heterocycles. The maximum Gasteiger partial charge on any atom is 0.119 e. The van der Waals surface area contributed by atoms with Crippen LogP contribution < -0.4 is 0 Å². The van der Waals surface area contributed by atoms with Gasteiger partial charge in [-0.3, -0.25) is 4.90 Å². The van der Waals surface area contributed by atoms with Crippen LogP contribution in [0.25, 0.3) is 0 Å². The summed E-state index contributed by atoms with van der Waals surface area (Å²) in [7, 11) is 0. The molecule has 0 fully saturated rings. The quantitative estimate of drug-likeness (QED) is 0.558. The maximum atomic E-state index is 10.5. The normalized spacial score (nSPS) is 12.9. The van der Waals surface area contributed by atoms with Crippen molar-refractivity contribution in [3.63, 3.8) is 0 Å². The lowest BCUT2D eigenvalue weighted by Crippen LogP contribution is -2.37. The Balaban J connectivity index is 2.13. The van der Waals surface area contributed by atoms with Gasteiger partial charge in [-0.1, -0.05) is 42.8 Å². The molecule has 0 saturated carbocycles. The summed E-state index contributed by atoms with van der Waals surface area (Å²) in [5.74, 6) is 0.455. The predicted molar refractivity (Wildman–Crippen MR) is 113 cm³/mol. The van der Waals surface area contributed by atoms with Gasteiger partial charge in [-0.05, 0) is 70.3 Å². The van der Waals surface area contributed by atoms with Gasteiger partial charge in [0.05, 0.1) is 6.61 Å². The number of benzene rings is 2. The molecular formula is C24H35NO2. The van der Waals surface area contributed by atoms with Crippen molar-refractivity contribution in [1.82, 2.24) is 4.90 Å². The Morgan fingerprint density at radius 1 is 0.889 bits per heavy atom. The highest BCUT2D eigenvalue weighted by molar-refractivity contribution is 5.43. The maximum absolute atomic E-state index is 10.5. The number of unbranched alkanes of at least 4 members (excludes halogenated alkanes) is 1. The van der Waals surface area contributed by atoms with E-state index in [-0.39, 0.29) is 12.5 Å². The van der Waals surface area contributed by atoms with Gasteiger partial charge in [0, 0.05) is 23.6 Å². The number of phenols is 1. The van der Waals surface area contributed by atoms with E-state index in [0.717, 1.165) is 36.9 Å². The summed E-state index contributed by atoms with van der Waals surface area (Å²) in [6.07, 6.45) is 3.22. The zero-order valence-electron chi connectivity index (χ0n) is 17.2. The van der Waals surface area contributed by atoms with E-state index in [0.29, 0.717) is 17.8 Å². The second kappa shape index (κ2) is 10.5. The number of nitrogens with zero attached hydrogens (tertiary/aromatic N) is 1. The van der Waals surface area contributed by atoms with Gasteiger partial charge in [-0.15, -0.1) is 0 Å². The molecular weight excluding hydrogens is 334 g/mol. The molecule has 1 atom stereocenters. The minimum atomic E-state index is -0.00741. The first kappa shape index (κ1) is 21.5. The number of phenolic OH excluding ortho intramolecular Hbond substituents is 1. The third-order valence-corrected chi connectivity index (χ3v) is 5.34. The summed E-state index contributed by atoms with van der Waals surface area (Å²) < 4.78 is 0. The van der Waals surface area contributed by atoms with Crippen LogP contribution in [0.5, 0.6) is 5.75 Å². The van der Waals surface area contributed by atoms with Gasteiger partial charge in [-0.25, -0.2) is 0 Å². The van der Waals surface area contributed by atoms with Crippen molar-refractivity contribution in [2.75, 3.05) is 6.54 Å². The average Bonchev–Trinajstić information content (AvgIpc) is 2.65. The Morgan fingerprint density at radius 3 is 2.15 bits per heavy atom. The van der Waals surface area contributed by atoms with Crippen LogP contribution in [0.4, 0.5) is 0 Å². The largest absolute Gasteiger partial charge is 0.508 e. The Bertz CT molecular complexity index is 674. The van der Waals surface area contributed by atoms with Crippen molar-refractivity contribution in [3.8, 4) is 5.75 Å². The standard InChI is InChI=1S/C24H35NO2/c1-18(2)25(19(3)4)15-9-8-12-22(21-10-6-5-7-11-21)23-16-20(17-26)13-14-24(23)27/h5-7,10-11,13-14,16,18-19,22,26-27H,8-9,12,15,17H2,1-4H3. The smallest absolute Gasteiger partial charge is 0.119 e. The van der Waals surface area contributed by atoms with Crippen LogP contribution >= 0.6 is 0 Å². The fourth-order valence-electron chi connectivity index (χ4n) is 3.92. The molecule has 2 aromatic carbocycles. The summed E-state index contributed by atoms with van der Waals surface area (Å²) in [6, 6.07) is 16.9. The lowest BCUT2D eigenvalue weighted by atomic mass is 9.85. The molecule has 1 unspecified atom stereocenters. The molecule has 3 nitrogen and oxygen atoms in total. The minimum absolute atomic E-state index is 0.00741. The molecule has 0 radical (unpaired) electrons. The van der Waals surface area contributed by atoms with Crippen molar-refractivity contribution < 1.29 is 10.2 Å².